The Kier molecular flexibility index (Phi) is 2.71. The molecule has 0 unspecified atom stereocenters. The molecule has 1 aromatic heterocycles. The maximum atomic E-state index is 10.3. The molecule has 2 N–H and O–H groups in total. The summed E-state index contributed by atoms with van der Waals surface area (Å²) in [5.74, 6) is 0.781. The summed E-state index contributed by atoms with van der Waals surface area (Å²) in [5, 5.41) is 10.9. The van der Waals surface area contributed by atoms with Gasteiger partial charge < -0.3 is 15.2 Å². The van der Waals surface area contributed by atoms with Gasteiger partial charge in [0, 0.05) is 31.3 Å². The molecule has 0 saturated heterocycles. The molecule has 0 spiro atoms. The molecular formula is C10H12N2O3. The second kappa shape index (κ2) is 4.16. The quantitative estimate of drug-likeness (QED) is 0.784. The first-order valence-electron chi connectivity index (χ1n) is 4.80. The molecule has 1 aliphatic rings. The minimum atomic E-state index is -0.970. The maximum Gasteiger partial charge on any atom is 0.404 e. The van der Waals surface area contributed by atoms with Gasteiger partial charge in [0.05, 0.1) is 0 Å². The van der Waals surface area contributed by atoms with E-state index in [9.17, 15) is 4.79 Å². The summed E-state index contributed by atoms with van der Waals surface area (Å²) >= 11 is 0. The fraction of sp³-hybridized carbons (Fsp3) is 0.400. The Balaban J connectivity index is 1.74. The van der Waals surface area contributed by atoms with Crippen molar-refractivity contribution in [1.82, 2.24) is 10.3 Å². The van der Waals surface area contributed by atoms with Crippen molar-refractivity contribution in [2.75, 3.05) is 0 Å². The Hall–Kier alpha value is -1.78. The molecule has 0 aliphatic heterocycles. The van der Waals surface area contributed by atoms with Crippen molar-refractivity contribution >= 4 is 6.09 Å². The van der Waals surface area contributed by atoms with Crippen LogP contribution in [0.1, 0.15) is 12.8 Å². The molecule has 15 heavy (non-hydrogen) atoms. The number of ether oxygens (including phenoxy) is 1. The van der Waals surface area contributed by atoms with E-state index in [4.69, 9.17) is 9.84 Å². The van der Waals surface area contributed by atoms with E-state index in [-0.39, 0.29) is 12.1 Å². The van der Waals surface area contributed by atoms with Crippen LogP contribution in [0, 0.1) is 0 Å². The summed E-state index contributed by atoms with van der Waals surface area (Å²) in [6.45, 7) is 0. The molecule has 0 radical (unpaired) electrons. The Morgan fingerprint density at radius 1 is 1.47 bits per heavy atom. The number of hydrogen-bond donors (Lipinski definition) is 2. The number of carbonyl (C=O) groups is 1. The lowest BCUT2D eigenvalue weighted by Gasteiger charge is -2.34. The number of nitrogens with zero attached hydrogens (tertiary/aromatic N) is 1. The van der Waals surface area contributed by atoms with Crippen molar-refractivity contribution in [3.05, 3.63) is 24.5 Å². The lowest BCUT2D eigenvalue weighted by molar-refractivity contribution is 0.0833. The average molecular weight is 208 g/mol. The van der Waals surface area contributed by atoms with Gasteiger partial charge in [0.25, 0.3) is 0 Å². The lowest BCUT2D eigenvalue weighted by Crippen LogP contribution is -2.48. The third-order valence-corrected chi connectivity index (χ3v) is 2.37. The second-order valence-corrected chi connectivity index (χ2v) is 3.54. The van der Waals surface area contributed by atoms with Gasteiger partial charge in [-0.05, 0) is 12.1 Å². The summed E-state index contributed by atoms with van der Waals surface area (Å²) in [5.41, 5.74) is 0. The Labute approximate surface area is 87.1 Å². The second-order valence-electron chi connectivity index (χ2n) is 3.54. The van der Waals surface area contributed by atoms with Crippen LogP contribution in [0.4, 0.5) is 4.79 Å². The van der Waals surface area contributed by atoms with Gasteiger partial charge in [0.2, 0.25) is 0 Å². The minimum absolute atomic E-state index is 0.0364. The largest absolute Gasteiger partial charge is 0.490 e. The zero-order chi connectivity index (χ0) is 10.7. The monoisotopic (exact) mass is 208 g/mol. The first-order chi connectivity index (χ1) is 7.24. The number of rotatable bonds is 3. The van der Waals surface area contributed by atoms with Crippen LogP contribution in [0.25, 0.3) is 0 Å². The normalized spacial score (nSPS) is 24.0. The van der Waals surface area contributed by atoms with Crippen molar-refractivity contribution < 1.29 is 14.6 Å². The molecular weight excluding hydrogens is 196 g/mol. The highest BCUT2D eigenvalue weighted by molar-refractivity contribution is 5.65. The Morgan fingerprint density at radius 3 is 2.73 bits per heavy atom. The van der Waals surface area contributed by atoms with Gasteiger partial charge in [0.1, 0.15) is 11.9 Å². The predicted molar refractivity (Wildman–Crippen MR) is 52.8 cm³/mol. The third kappa shape index (κ3) is 2.59. The summed E-state index contributed by atoms with van der Waals surface area (Å²) in [4.78, 5) is 14.2. The van der Waals surface area contributed by atoms with E-state index in [0.29, 0.717) is 0 Å². The number of pyridine rings is 1. The Morgan fingerprint density at radius 2 is 2.13 bits per heavy atom. The van der Waals surface area contributed by atoms with Crippen LogP contribution >= 0.6 is 0 Å². The Bertz CT molecular complexity index is 336. The van der Waals surface area contributed by atoms with Crippen molar-refractivity contribution in [2.24, 2.45) is 0 Å². The molecule has 2 rings (SSSR count). The molecule has 5 nitrogen and oxygen atoms in total. The van der Waals surface area contributed by atoms with Gasteiger partial charge in [0.15, 0.2) is 0 Å². The average Bonchev–Trinajstić information content (AvgIpc) is 2.15. The highest BCUT2D eigenvalue weighted by Gasteiger charge is 2.31. The third-order valence-electron chi connectivity index (χ3n) is 2.37. The van der Waals surface area contributed by atoms with E-state index in [1.54, 1.807) is 24.5 Å². The molecule has 1 amide bonds. The van der Waals surface area contributed by atoms with Crippen molar-refractivity contribution in [1.29, 1.82) is 0 Å². The summed E-state index contributed by atoms with van der Waals surface area (Å²) in [7, 11) is 0. The van der Waals surface area contributed by atoms with Gasteiger partial charge in [-0.25, -0.2) is 4.79 Å². The highest BCUT2D eigenvalue weighted by Crippen LogP contribution is 2.25. The summed E-state index contributed by atoms with van der Waals surface area (Å²) in [6.07, 6.45) is 3.94. The zero-order valence-electron chi connectivity index (χ0n) is 8.09. The molecule has 1 aliphatic carbocycles. The van der Waals surface area contributed by atoms with Crippen LogP contribution in [-0.2, 0) is 0 Å². The molecule has 1 aromatic rings. The first kappa shape index (κ1) is 9.76. The number of hydrogen-bond acceptors (Lipinski definition) is 3. The molecule has 80 valence electrons. The zero-order valence-corrected chi connectivity index (χ0v) is 8.09. The summed E-state index contributed by atoms with van der Waals surface area (Å²) in [6, 6.07) is 3.62. The standard InChI is InChI=1S/C10H12N2O3/c13-10(14)12-7-5-9(6-7)15-8-1-3-11-4-2-8/h1-4,7,9,12H,5-6H2,(H,13,14)/t7-,9+. The summed E-state index contributed by atoms with van der Waals surface area (Å²) < 4.78 is 5.59. The smallest absolute Gasteiger partial charge is 0.404 e. The lowest BCUT2D eigenvalue weighted by atomic mass is 9.89. The van der Waals surface area contributed by atoms with Crippen LogP contribution in [-0.4, -0.2) is 28.3 Å². The molecule has 1 heterocycles. The van der Waals surface area contributed by atoms with Gasteiger partial charge in [-0.2, -0.15) is 0 Å². The number of nitrogens with one attached hydrogen (secondary N) is 1. The van der Waals surface area contributed by atoms with Crippen LogP contribution in [0.15, 0.2) is 24.5 Å². The first-order valence-corrected chi connectivity index (χ1v) is 4.80. The molecule has 5 heteroatoms. The minimum Gasteiger partial charge on any atom is -0.490 e. The van der Waals surface area contributed by atoms with E-state index in [1.165, 1.54) is 0 Å². The van der Waals surface area contributed by atoms with E-state index in [0.717, 1.165) is 18.6 Å². The molecule has 0 aromatic carbocycles. The molecule has 1 fully saturated rings. The maximum absolute atomic E-state index is 10.3. The molecule has 1 saturated carbocycles. The van der Waals surface area contributed by atoms with E-state index < -0.39 is 6.09 Å². The highest BCUT2D eigenvalue weighted by atomic mass is 16.5. The van der Waals surface area contributed by atoms with E-state index >= 15 is 0 Å². The van der Waals surface area contributed by atoms with Crippen molar-refractivity contribution in [3.8, 4) is 5.75 Å². The number of aromatic nitrogens is 1. The topological polar surface area (TPSA) is 71.5 Å². The predicted octanol–water partition coefficient (Wildman–Crippen LogP) is 1.26. The van der Waals surface area contributed by atoms with E-state index in [1.807, 2.05) is 0 Å². The fourth-order valence-electron chi connectivity index (χ4n) is 1.56. The molecule has 0 bridgehead atoms. The van der Waals surface area contributed by atoms with Gasteiger partial charge in [-0.15, -0.1) is 0 Å². The van der Waals surface area contributed by atoms with Crippen LogP contribution < -0.4 is 10.1 Å². The van der Waals surface area contributed by atoms with E-state index in [2.05, 4.69) is 10.3 Å². The van der Waals surface area contributed by atoms with Crippen LogP contribution in [0.5, 0.6) is 5.75 Å². The van der Waals surface area contributed by atoms with Crippen molar-refractivity contribution in [3.63, 3.8) is 0 Å². The van der Waals surface area contributed by atoms with Crippen molar-refractivity contribution in [2.45, 2.75) is 25.0 Å². The fourth-order valence-corrected chi connectivity index (χ4v) is 1.56. The SMILES string of the molecule is O=C(O)N[C@H]1C[C@@H](Oc2ccncc2)C1. The number of amides is 1. The van der Waals surface area contributed by atoms with Gasteiger partial charge in [-0.1, -0.05) is 0 Å². The van der Waals surface area contributed by atoms with Gasteiger partial charge >= 0.3 is 6.09 Å². The number of carboxylic acid groups (broad SMARTS) is 1. The van der Waals surface area contributed by atoms with Gasteiger partial charge in [-0.3, -0.25) is 4.98 Å². The van der Waals surface area contributed by atoms with Crippen LogP contribution in [0.3, 0.4) is 0 Å². The molecule has 0 atom stereocenters. The van der Waals surface area contributed by atoms with Crippen LogP contribution in [0.2, 0.25) is 0 Å².